The molecule has 1 heterocycles. The molecular weight excluding hydrogens is 1490 g/mol. The summed E-state index contributed by atoms with van der Waals surface area (Å²) in [6.45, 7) is 14.2. The molecule has 536 valence electrons. The fourth-order valence-corrected chi connectivity index (χ4v) is 10.1. The number of amides is 2. The van der Waals surface area contributed by atoms with E-state index in [1.54, 1.807) is 127 Å². The molecule has 0 aliphatic carbocycles. The second-order valence-corrected chi connectivity index (χ2v) is 25.7. The molecule has 3 atom stereocenters. The molecule has 1 aliphatic heterocycles. The minimum atomic E-state index is -1.41. The largest absolute Gasteiger partial charge is 1.00 e. The van der Waals surface area contributed by atoms with Gasteiger partial charge in [0.25, 0.3) is 0 Å². The van der Waals surface area contributed by atoms with Crippen LogP contribution in [-0.4, -0.2) is 128 Å². The van der Waals surface area contributed by atoms with Gasteiger partial charge in [-0.15, -0.1) is 0 Å². The first-order valence-electron chi connectivity index (χ1n) is 31.9. The Labute approximate surface area is 646 Å². The Kier molecular flexibility index (Phi) is 39.2. The summed E-state index contributed by atoms with van der Waals surface area (Å²) in [6, 6.07) is 52.1. The predicted octanol–water partition coefficient (Wildman–Crippen LogP) is 11.3. The van der Waals surface area contributed by atoms with Crippen molar-refractivity contribution >= 4 is 112 Å². The van der Waals surface area contributed by atoms with Crippen molar-refractivity contribution in [2.24, 2.45) is 5.92 Å². The van der Waals surface area contributed by atoms with E-state index in [0.717, 1.165) is 37.8 Å². The van der Waals surface area contributed by atoms with Gasteiger partial charge >= 0.3 is 66.6 Å². The molecule has 8 aromatic carbocycles. The predicted molar refractivity (Wildman–Crippen MR) is 401 cm³/mol. The number of carbonyl (C=O) groups is 7. The number of carbonyl (C=O) groups excluding carboxylic acids is 6. The average Bonchev–Trinajstić information content (AvgIpc) is 0.788. The Morgan fingerprint density at radius 3 is 1.50 bits per heavy atom. The van der Waals surface area contributed by atoms with Crippen LogP contribution in [0.1, 0.15) is 110 Å². The summed E-state index contributed by atoms with van der Waals surface area (Å²) in [4.78, 5) is 84.6. The van der Waals surface area contributed by atoms with Crippen LogP contribution in [-0.2, 0) is 39.8 Å². The number of rotatable bonds is 17. The van der Waals surface area contributed by atoms with Crippen molar-refractivity contribution in [1.29, 1.82) is 0 Å². The number of hydrogen-bond acceptors (Lipinski definition) is 17. The molecule has 0 fully saturated rings. The van der Waals surface area contributed by atoms with E-state index in [-0.39, 0.29) is 84.3 Å². The first-order valence-corrected chi connectivity index (χ1v) is 34.1. The molecule has 0 spiro atoms. The number of methoxy groups -OCH3 is 1. The topological polar surface area (TPSA) is 302 Å². The molecule has 0 radical (unpaired) electrons. The van der Waals surface area contributed by atoms with E-state index < -0.39 is 54.7 Å². The van der Waals surface area contributed by atoms with E-state index in [4.69, 9.17) is 78.4 Å². The molecule has 4 bridgehead atoms. The molecule has 20 nitrogen and oxygen atoms in total. The van der Waals surface area contributed by atoms with Crippen LogP contribution >= 0.6 is 57.4 Å². The Hall–Kier alpha value is -7.85. The van der Waals surface area contributed by atoms with Crippen LogP contribution < -0.4 is 60.4 Å². The second-order valence-electron chi connectivity index (χ2n) is 23.1. The number of nitrogens with one attached hydrogen (secondary N) is 3. The van der Waals surface area contributed by atoms with Gasteiger partial charge in [-0.05, 0) is 219 Å². The zero-order valence-corrected chi connectivity index (χ0v) is 64.8. The number of benzene rings is 8. The zero-order chi connectivity index (χ0) is 73.5. The number of halogens is 4. The van der Waals surface area contributed by atoms with Crippen LogP contribution in [0.2, 0.25) is 15.1 Å². The number of carboxylic acid groups (broad SMARTS) is 1. The molecular formula is C76H83BCl3IN3NaO17. The third kappa shape index (κ3) is 29.9. The van der Waals surface area contributed by atoms with Crippen molar-refractivity contribution in [3.8, 4) is 44.9 Å². The van der Waals surface area contributed by atoms with Gasteiger partial charge in [-0.25, -0.2) is 24.0 Å². The summed E-state index contributed by atoms with van der Waals surface area (Å²) in [5, 5.41) is 36.5. The smallest absolute Gasteiger partial charge is 0.870 e. The molecule has 2 amide bonds. The number of hydrogen-bond donors (Lipinski definition) is 6. The van der Waals surface area contributed by atoms with Crippen LogP contribution in [0.25, 0.3) is 33.4 Å². The standard InChI is InChI=1S/C33H45N3O8.C15H13ClO2.C13H9ClO2.C9H9IO2.C6H6BClO2.Na.H2O/c1-8-14-42-28-12-10-22-19-24(28)23-17-21(9-11-27(23)43-15-13-35-32(40)44-33(3,4)5)18-25(31(39)41-7)36-30(38)20(2)16-26(37)29(22)34-6;1-2-18-15(17)13-5-3-11(4-6-13)12-7-9-14(16)10-8-12;14-12-7-5-10(6-8-12)9-1-3-11(4-2-9)13(15)16;1-2-12-9(11)7-3-5-8(10)6-4-7;8-6-3-1-5(2-4-6)7(9)10;;/h9-12,17,19-20,25,29,34H,8,13-16,18H2,1-7H3,(H,35,40)(H,36,38);3-10H,2H2,1H3;1-8H,(H,15,16);3-6H,2H2,1H3;1-4,9-10H;;1H2/q;;;;;+1;/p-1/t20-,25+,29+;;;;;;/m1....../s1. The van der Waals surface area contributed by atoms with E-state index in [0.29, 0.717) is 79.7 Å². The Bertz CT molecular complexity index is 3970. The maximum atomic E-state index is 13.4. The first-order chi connectivity index (χ1) is 47.7. The number of Topliss-reactive ketones (excluding diaryl/α,β-unsaturated/α-hetero) is 1. The van der Waals surface area contributed by atoms with E-state index in [1.165, 1.54) is 7.11 Å². The van der Waals surface area contributed by atoms with Gasteiger partial charge in [0.2, 0.25) is 5.91 Å². The number of ketones is 1. The van der Waals surface area contributed by atoms with Gasteiger partial charge in [-0.3, -0.25) is 9.59 Å². The molecule has 8 aromatic rings. The van der Waals surface area contributed by atoms with Crippen molar-refractivity contribution in [3.05, 3.63) is 228 Å². The van der Waals surface area contributed by atoms with Crippen molar-refractivity contribution in [2.45, 2.75) is 85.4 Å². The summed E-state index contributed by atoms with van der Waals surface area (Å²) in [7, 11) is 1.55. The van der Waals surface area contributed by atoms with Crippen molar-refractivity contribution in [3.63, 3.8) is 0 Å². The third-order valence-electron chi connectivity index (χ3n) is 14.4. The van der Waals surface area contributed by atoms with Crippen LogP contribution in [0, 0.1) is 9.49 Å². The Morgan fingerprint density at radius 1 is 0.618 bits per heavy atom. The van der Waals surface area contributed by atoms with Crippen molar-refractivity contribution < 1.29 is 112 Å². The van der Waals surface area contributed by atoms with Gasteiger partial charge in [0.05, 0.1) is 56.2 Å². The molecule has 26 heteroatoms. The summed E-state index contributed by atoms with van der Waals surface area (Å²) in [5.41, 5.74) is 8.19. The Balaban J connectivity index is 0.000000379. The third-order valence-corrected chi connectivity index (χ3v) is 15.8. The van der Waals surface area contributed by atoms with E-state index in [2.05, 4.69) is 38.5 Å². The summed E-state index contributed by atoms with van der Waals surface area (Å²) in [5.74, 6) is -2.20. The van der Waals surface area contributed by atoms with Crippen molar-refractivity contribution in [2.75, 3.05) is 47.1 Å². The van der Waals surface area contributed by atoms with Gasteiger partial charge in [-0.2, -0.15) is 0 Å². The Morgan fingerprint density at radius 2 is 1.06 bits per heavy atom. The number of aromatic carboxylic acids is 1. The molecule has 0 unspecified atom stereocenters. The molecule has 1 aliphatic rings. The fourth-order valence-electron chi connectivity index (χ4n) is 9.39. The van der Waals surface area contributed by atoms with Crippen LogP contribution in [0.4, 0.5) is 4.79 Å². The monoisotopic (exact) mass is 1580 g/mol. The minimum Gasteiger partial charge on any atom is -0.870 e. The maximum absolute atomic E-state index is 13.4. The molecule has 0 saturated carbocycles. The van der Waals surface area contributed by atoms with Gasteiger partial charge in [0.1, 0.15) is 29.7 Å². The average molecular weight is 1580 g/mol. The van der Waals surface area contributed by atoms with Gasteiger partial charge in [-0.1, -0.05) is 121 Å². The number of carboxylic acids is 1. The second kappa shape index (κ2) is 45.3. The van der Waals surface area contributed by atoms with Crippen LogP contribution in [0.3, 0.4) is 0 Å². The molecule has 0 aromatic heterocycles. The number of fused-ring (bicyclic) bond motifs is 5. The normalized spacial score (nSPS) is 13.5. The molecule has 0 saturated heterocycles. The van der Waals surface area contributed by atoms with Crippen LogP contribution in [0.5, 0.6) is 11.5 Å². The van der Waals surface area contributed by atoms with Crippen molar-refractivity contribution in [1.82, 2.24) is 16.0 Å². The summed E-state index contributed by atoms with van der Waals surface area (Å²) >= 11 is 19.4. The summed E-state index contributed by atoms with van der Waals surface area (Å²) < 4.78 is 33.4. The van der Waals surface area contributed by atoms with E-state index in [9.17, 15) is 33.6 Å². The summed E-state index contributed by atoms with van der Waals surface area (Å²) in [6.07, 6.45) is 0.362. The number of esters is 3. The van der Waals surface area contributed by atoms with E-state index in [1.807, 2.05) is 110 Å². The quantitative estimate of drug-likeness (QED) is 0.0162. The zero-order valence-electron chi connectivity index (χ0n) is 58.4. The van der Waals surface area contributed by atoms with Gasteiger partial charge in [0, 0.05) is 48.5 Å². The SMILES string of the molecule is CCCOc1ccc2cc1-c1cc(ccc1OCCNC(=O)OC(C)(C)C)C[C@@H](C(=O)OC)NC(=O)[C@H](C)CC(=O)[C@H]2NC.CCOC(=O)c1ccc(-c2ccc(Cl)cc2)cc1.CCOC(=O)c1ccc(I)cc1.O=C(O)c1ccc(-c2ccc(Cl)cc2)cc1.OB(O)c1ccc(Cl)cc1.[Na+].[OH-]. The van der Waals surface area contributed by atoms with E-state index >= 15 is 0 Å². The number of alkyl carbamates (subject to hydrolysis) is 1. The van der Waals surface area contributed by atoms with Gasteiger partial charge < -0.3 is 65.0 Å². The van der Waals surface area contributed by atoms with Gasteiger partial charge in [0.15, 0.2) is 5.78 Å². The number of likely N-dealkylation sites (N-methyl/N-ethyl adjacent to an activating group) is 1. The fraction of sp³-hybridized carbons (Fsp3) is 0.276. The molecule has 9 rings (SSSR count). The first kappa shape index (κ1) is 88.4. The molecule has 102 heavy (non-hydrogen) atoms. The van der Waals surface area contributed by atoms with Crippen LogP contribution in [0.15, 0.2) is 182 Å². The number of ether oxygens (including phenoxy) is 6. The minimum absolute atomic E-state index is 0. The maximum Gasteiger partial charge on any atom is 1.00 e. The molecule has 7 N–H and O–H groups in total.